The van der Waals surface area contributed by atoms with E-state index in [-0.39, 0.29) is 5.56 Å². The van der Waals surface area contributed by atoms with Crippen molar-refractivity contribution in [2.75, 3.05) is 13.1 Å². The van der Waals surface area contributed by atoms with E-state index in [1.165, 1.54) is 0 Å². The molecule has 8 heteroatoms. The summed E-state index contributed by atoms with van der Waals surface area (Å²) in [5.74, 6) is 0.442. The fourth-order valence-electron chi connectivity index (χ4n) is 1.48. The molecule has 1 aliphatic heterocycles. The van der Waals surface area contributed by atoms with E-state index in [1.807, 2.05) is 27.5 Å². The molecule has 1 aromatic rings. The summed E-state index contributed by atoms with van der Waals surface area (Å²) in [6, 6.07) is 0. The van der Waals surface area contributed by atoms with Crippen molar-refractivity contribution in [1.82, 2.24) is 14.9 Å². The SMILES string of the molecule is NC1=NCCN1Cc1[nH]c(=O)[nH]c(=O)c1[125I]. The number of halogens is 1. The highest BCUT2D eigenvalue weighted by Crippen LogP contribution is 2.08. The molecule has 0 fully saturated rings. The maximum atomic E-state index is 11.4. The highest BCUT2D eigenvalue weighted by molar-refractivity contribution is 14.1. The molecule has 0 amide bonds. The molecule has 0 saturated heterocycles. The van der Waals surface area contributed by atoms with Gasteiger partial charge in [-0.25, -0.2) is 4.79 Å². The molecule has 0 bridgehead atoms. The molecule has 4 N–H and O–H groups in total. The third-order valence-electron chi connectivity index (χ3n) is 2.27. The molecule has 0 aromatic carbocycles. The number of H-pyrrole nitrogens is 2. The van der Waals surface area contributed by atoms with E-state index in [0.29, 0.717) is 34.9 Å². The van der Waals surface area contributed by atoms with E-state index in [2.05, 4.69) is 15.0 Å². The van der Waals surface area contributed by atoms with Crippen LogP contribution in [-0.4, -0.2) is 33.9 Å². The number of aromatic amines is 2. The molecule has 0 spiro atoms. The minimum atomic E-state index is -0.505. The number of hydrogen-bond acceptors (Lipinski definition) is 5. The summed E-state index contributed by atoms with van der Waals surface area (Å²) in [5, 5.41) is 0. The van der Waals surface area contributed by atoms with Crippen LogP contribution in [0.15, 0.2) is 14.6 Å². The van der Waals surface area contributed by atoms with E-state index in [1.54, 1.807) is 0 Å². The summed E-state index contributed by atoms with van der Waals surface area (Å²) in [4.78, 5) is 33.1. The molecule has 1 aliphatic rings. The van der Waals surface area contributed by atoms with Crippen LogP contribution >= 0.6 is 22.6 Å². The van der Waals surface area contributed by atoms with E-state index in [0.717, 1.165) is 0 Å². The monoisotopic (exact) mass is 333 g/mol. The Bertz CT molecular complexity index is 546. The minimum absolute atomic E-state index is 0.381. The number of nitrogens with zero attached hydrogens (tertiary/aromatic N) is 2. The van der Waals surface area contributed by atoms with Gasteiger partial charge in [0.15, 0.2) is 5.96 Å². The molecule has 1 aromatic heterocycles. The van der Waals surface area contributed by atoms with Crippen LogP contribution < -0.4 is 17.0 Å². The molecule has 0 unspecified atom stereocenters. The molecule has 2 rings (SSSR count). The van der Waals surface area contributed by atoms with Crippen molar-refractivity contribution in [2.24, 2.45) is 10.7 Å². The van der Waals surface area contributed by atoms with E-state index >= 15 is 0 Å². The standard InChI is InChI=1S/C8H10IN5O2/c9-5-4(12-8(16)13-6(5)15)3-14-2-1-11-7(14)10/h1-3H2,(H2,10,11)(H2,12,13,15,16)/i9-2. The van der Waals surface area contributed by atoms with Crippen molar-refractivity contribution < 1.29 is 0 Å². The Balaban J connectivity index is 2.31. The first-order chi connectivity index (χ1) is 7.58. The minimum Gasteiger partial charge on any atom is -0.370 e. The summed E-state index contributed by atoms with van der Waals surface area (Å²) < 4.78 is 0.469. The maximum absolute atomic E-state index is 11.4. The summed E-state index contributed by atoms with van der Waals surface area (Å²) in [6.07, 6.45) is 0. The summed E-state index contributed by atoms with van der Waals surface area (Å²) in [6.45, 7) is 1.75. The van der Waals surface area contributed by atoms with E-state index in [4.69, 9.17) is 5.73 Å². The van der Waals surface area contributed by atoms with Crippen LogP contribution in [0.1, 0.15) is 5.69 Å². The van der Waals surface area contributed by atoms with Gasteiger partial charge in [0, 0.05) is 6.54 Å². The third kappa shape index (κ3) is 2.10. The fourth-order valence-corrected chi connectivity index (χ4v) is 1.92. The van der Waals surface area contributed by atoms with Gasteiger partial charge in [0.1, 0.15) is 0 Å². The molecule has 0 saturated carbocycles. The lowest BCUT2D eigenvalue weighted by molar-refractivity contribution is 0.439. The van der Waals surface area contributed by atoms with Crippen molar-refractivity contribution in [3.05, 3.63) is 30.1 Å². The Labute approximate surface area is 104 Å². The molecule has 86 valence electrons. The molecule has 7 nitrogen and oxygen atoms in total. The second-order valence-electron chi connectivity index (χ2n) is 3.36. The lowest BCUT2D eigenvalue weighted by Gasteiger charge is -2.17. The van der Waals surface area contributed by atoms with Crippen LogP contribution in [0.3, 0.4) is 0 Å². The summed E-state index contributed by atoms with van der Waals surface area (Å²) in [7, 11) is 0. The highest BCUT2D eigenvalue weighted by atomic mass is 125. The zero-order valence-corrected chi connectivity index (χ0v) is 10.4. The molecule has 0 radical (unpaired) electrons. The second kappa shape index (κ2) is 4.28. The number of nitrogens with two attached hydrogens (primary N) is 1. The molecule has 0 aliphatic carbocycles. The smallest absolute Gasteiger partial charge is 0.326 e. The van der Waals surface area contributed by atoms with Crippen LogP contribution in [0, 0.1) is 3.57 Å². The lowest BCUT2D eigenvalue weighted by atomic mass is 10.3. The van der Waals surface area contributed by atoms with Crippen molar-refractivity contribution >= 4 is 28.6 Å². The third-order valence-corrected chi connectivity index (χ3v) is 3.41. The topological polar surface area (TPSA) is 107 Å². The van der Waals surface area contributed by atoms with Crippen LogP contribution in [0.5, 0.6) is 0 Å². The van der Waals surface area contributed by atoms with E-state index in [9.17, 15) is 9.59 Å². The average Bonchev–Trinajstić information content (AvgIpc) is 2.60. The average molecular weight is 333 g/mol. The Hall–Kier alpha value is -1.32. The zero-order valence-electron chi connectivity index (χ0n) is 8.29. The van der Waals surface area contributed by atoms with Gasteiger partial charge in [0.2, 0.25) is 0 Å². The normalized spacial score (nSPS) is 15.3. The van der Waals surface area contributed by atoms with Crippen LogP contribution in [0.4, 0.5) is 0 Å². The van der Waals surface area contributed by atoms with Gasteiger partial charge in [-0.05, 0) is 22.6 Å². The van der Waals surface area contributed by atoms with Crippen LogP contribution in [-0.2, 0) is 6.54 Å². The van der Waals surface area contributed by atoms with Crippen molar-refractivity contribution in [1.29, 1.82) is 0 Å². The number of aliphatic imine (C=N–C) groups is 1. The second-order valence-corrected chi connectivity index (χ2v) is 4.44. The first kappa shape index (κ1) is 11.2. The molecule has 16 heavy (non-hydrogen) atoms. The van der Waals surface area contributed by atoms with Gasteiger partial charge in [-0.2, -0.15) is 0 Å². The van der Waals surface area contributed by atoms with Gasteiger partial charge in [-0.3, -0.25) is 14.8 Å². The molecular weight excluding hydrogens is 323 g/mol. The maximum Gasteiger partial charge on any atom is 0.326 e. The number of aromatic nitrogens is 2. The lowest BCUT2D eigenvalue weighted by Crippen LogP contribution is -2.36. The van der Waals surface area contributed by atoms with Gasteiger partial charge in [-0.15, -0.1) is 0 Å². The molecular formula is C8H10IN5O2. The van der Waals surface area contributed by atoms with Crippen LogP contribution in [0.25, 0.3) is 0 Å². The van der Waals surface area contributed by atoms with E-state index < -0.39 is 5.69 Å². The number of hydrogen-bond donors (Lipinski definition) is 3. The van der Waals surface area contributed by atoms with Crippen molar-refractivity contribution in [2.45, 2.75) is 6.54 Å². The predicted molar refractivity (Wildman–Crippen MR) is 67.3 cm³/mol. The largest absolute Gasteiger partial charge is 0.370 e. The van der Waals surface area contributed by atoms with Gasteiger partial charge in [-0.1, -0.05) is 0 Å². The van der Waals surface area contributed by atoms with Gasteiger partial charge in [0.25, 0.3) is 5.56 Å². The van der Waals surface area contributed by atoms with Gasteiger partial charge in [0.05, 0.1) is 22.4 Å². The predicted octanol–water partition coefficient (Wildman–Crippen LogP) is -1.20. The van der Waals surface area contributed by atoms with Gasteiger partial charge >= 0.3 is 5.69 Å². The Morgan fingerprint density at radius 3 is 2.81 bits per heavy atom. The first-order valence-corrected chi connectivity index (χ1v) is 5.71. The quantitative estimate of drug-likeness (QED) is 0.591. The number of nitrogens with one attached hydrogen (secondary N) is 2. The highest BCUT2D eigenvalue weighted by Gasteiger charge is 2.16. The Morgan fingerprint density at radius 1 is 1.44 bits per heavy atom. The Morgan fingerprint density at radius 2 is 2.19 bits per heavy atom. The summed E-state index contributed by atoms with van der Waals surface area (Å²) in [5.41, 5.74) is 5.33. The molecule has 2 heterocycles. The Kier molecular flexibility index (Phi) is 2.99. The summed E-state index contributed by atoms with van der Waals surface area (Å²) >= 11 is 1.89. The van der Waals surface area contributed by atoms with Gasteiger partial charge < -0.3 is 15.6 Å². The first-order valence-electron chi connectivity index (χ1n) is 4.64. The zero-order chi connectivity index (χ0) is 11.7. The molecule has 0 atom stereocenters. The van der Waals surface area contributed by atoms with Crippen molar-refractivity contribution in [3.8, 4) is 0 Å². The van der Waals surface area contributed by atoms with Crippen LogP contribution in [0.2, 0.25) is 0 Å². The fraction of sp³-hybridized carbons (Fsp3) is 0.375. The number of guanidine groups is 1. The number of rotatable bonds is 2. The van der Waals surface area contributed by atoms with Crippen molar-refractivity contribution in [3.63, 3.8) is 0 Å².